The van der Waals surface area contributed by atoms with Crippen LogP contribution in [0, 0.1) is 17.3 Å². The van der Waals surface area contributed by atoms with Gasteiger partial charge in [-0.05, 0) is 55.8 Å². The monoisotopic (exact) mass is 386 g/mol. The van der Waals surface area contributed by atoms with E-state index in [1.807, 2.05) is 0 Å². The van der Waals surface area contributed by atoms with Crippen molar-refractivity contribution in [3.8, 4) is 0 Å². The van der Waals surface area contributed by atoms with Crippen molar-refractivity contribution in [2.45, 2.75) is 116 Å². The second-order valence-electron chi connectivity index (χ2n) is 9.23. The maximum absolute atomic E-state index is 10.6. The molecule has 0 amide bonds. The van der Waals surface area contributed by atoms with Gasteiger partial charge in [0.2, 0.25) is 0 Å². The van der Waals surface area contributed by atoms with Crippen LogP contribution in [0.15, 0.2) is 0 Å². The van der Waals surface area contributed by atoms with E-state index in [1.54, 1.807) is 0 Å². The number of unbranched alkanes of at least 4 members (excludes halogenated alkanes) is 4. The lowest BCUT2D eigenvalue weighted by atomic mass is 9.77. The highest BCUT2D eigenvalue weighted by atomic mass is 16.4. The van der Waals surface area contributed by atoms with Crippen molar-refractivity contribution in [3.05, 3.63) is 0 Å². The molecule has 5 atom stereocenters. The number of hydrogen-bond donors (Lipinski definition) is 4. The minimum Gasteiger partial charge on any atom is -0.481 e. The summed E-state index contributed by atoms with van der Waals surface area (Å²) in [6, 6.07) is 0. The molecule has 160 valence electrons. The Hall–Kier alpha value is -0.650. The first-order valence-electron chi connectivity index (χ1n) is 10.9. The van der Waals surface area contributed by atoms with E-state index >= 15 is 0 Å². The number of aliphatic carboxylic acids is 1. The average Bonchev–Trinajstić information content (AvgIpc) is 2.86. The van der Waals surface area contributed by atoms with Crippen LogP contribution in [0.2, 0.25) is 0 Å². The number of rotatable bonds is 14. The van der Waals surface area contributed by atoms with E-state index in [0.717, 1.165) is 51.4 Å². The lowest BCUT2D eigenvalue weighted by Gasteiger charge is -2.32. The van der Waals surface area contributed by atoms with Gasteiger partial charge in [-0.15, -0.1) is 0 Å². The topological polar surface area (TPSA) is 98.0 Å². The molecule has 4 N–H and O–H groups in total. The molecule has 0 bridgehead atoms. The van der Waals surface area contributed by atoms with Gasteiger partial charge in [0, 0.05) is 6.42 Å². The molecule has 0 aromatic heterocycles. The third kappa shape index (κ3) is 8.49. The maximum atomic E-state index is 10.6. The van der Waals surface area contributed by atoms with Gasteiger partial charge in [0.05, 0.1) is 18.3 Å². The van der Waals surface area contributed by atoms with Crippen molar-refractivity contribution < 1.29 is 25.2 Å². The molecule has 1 aliphatic rings. The molecular weight excluding hydrogens is 344 g/mol. The Morgan fingerprint density at radius 1 is 1.00 bits per heavy atom. The van der Waals surface area contributed by atoms with Crippen molar-refractivity contribution in [2.75, 3.05) is 0 Å². The lowest BCUT2D eigenvalue weighted by Crippen LogP contribution is -2.31. The summed E-state index contributed by atoms with van der Waals surface area (Å²) in [5.41, 5.74) is -0.113. The predicted molar refractivity (Wildman–Crippen MR) is 107 cm³/mol. The van der Waals surface area contributed by atoms with Gasteiger partial charge in [0.25, 0.3) is 0 Å². The summed E-state index contributed by atoms with van der Waals surface area (Å²) >= 11 is 0. The van der Waals surface area contributed by atoms with Crippen molar-refractivity contribution in [2.24, 2.45) is 17.3 Å². The fourth-order valence-corrected chi connectivity index (χ4v) is 4.53. The van der Waals surface area contributed by atoms with E-state index in [-0.39, 0.29) is 29.8 Å². The summed E-state index contributed by atoms with van der Waals surface area (Å²) in [4.78, 5) is 10.5. The van der Waals surface area contributed by atoms with Gasteiger partial charge in [-0.25, -0.2) is 0 Å². The van der Waals surface area contributed by atoms with Crippen LogP contribution in [0.5, 0.6) is 0 Å². The minimum atomic E-state index is -0.746. The second kappa shape index (κ2) is 12.0. The molecule has 0 unspecified atom stereocenters. The summed E-state index contributed by atoms with van der Waals surface area (Å²) in [7, 11) is 0. The molecule has 1 saturated carbocycles. The molecule has 0 aromatic rings. The normalized spacial score (nSPS) is 27.0. The zero-order valence-corrected chi connectivity index (χ0v) is 17.6. The largest absolute Gasteiger partial charge is 0.481 e. The van der Waals surface area contributed by atoms with Crippen LogP contribution >= 0.6 is 0 Å². The highest BCUT2D eigenvalue weighted by Gasteiger charge is 2.41. The molecule has 0 spiro atoms. The Balaban J connectivity index is 2.43. The van der Waals surface area contributed by atoms with E-state index in [9.17, 15) is 20.1 Å². The zero-order chi connectivity index (χ0) is 20.4. The fraction of sp³-hybridized carbons (Fsp3) is 0.955. The molecule has 5 heteroatoms. The maximum Gasteiger partial charge on any atom is 0.303 e. The first-order valence-corrected chi connectivity index (χ1v) is 10.9. The van der Waals surface area contributed by atoms with Crippen molar-refractivity contribution in [1.29, 1.82) is 0 Å². The molecule has 27 heavy (non-hydrogen) atoms. The molecule has 0 saturated heterocycles. The Bertz CT molecular complexity index is 423. The van der Waals surface area contributed by atoms with Gasteiger partial charge in [0.1, 0.15) is 0 Å². The standard InChI is InChI=1S/C22H42O5/c1-4-5-14-22(2,3)20(25)13-12-17-16(18(23)15-19(17)24)10-8-6-7-9-11-21(26)27/h16-20,23-25H,4-15H2,1-3H3,(H,26,27)/t16-,17-,18+,19-,20+/m1/s1. The average molecular weight is 387 g/mol. The number of aliphatic hydroxyl groups excluding tert-OH is 3. The van der Waals surface area contributed by atoms with Gasteiger partial charge < -0.3 is 20.4 Å². The van der Waals surface area contributed by atoms with E-state index in [1.165, 1.54) is 0 Å². The number of carboxylic acids is 1. The summed E-state index contributed by atoms with van der Waals surface area (Å²) < 4.78 is 0. The van der Waals surface area contributed by atoms with Crippen molar-refractivity contribution in [3.63, 3.8) is 0 Å². The quantitative estimate of drug-likeness (QED) is 0.337. The first kappa shape index (κ1) is 24.4. The molecule has 0 aromatic carbocycles. The molecule has 1 aliphatic carbocycles. The van der Waals surface area contributed by atoms with E-state index in [0.29, 0.717) is 19.3 Å². The van der Waals surface area contributed by atoms with Gasteiger partial charge in [-0.1, -0.05) is 52.9 Å². The first-order chi connectivity index (χ1) is 12.7. The predicted octanol–water partition coefficient (Wildman–Crippen LogP) is 4.13. The Kier molecular flexibility index (Phi) is 10.9. The summed E-state index contributed by atoms with van der Waals surface area (Å²) in [5, 5.41) is 40.0. The Morgan fingerprint density at radius 2 is 1.59 bits per heavy atom. The lowest BCUT2D eigenvalue weighted by molar-refractivity contribution is -0.137. The van der Waals surface area contributed by atoms with Crippen LogP contribution in [0.25, 0.3) is 0 Å². The highest BCUT2D eigenvalue weighted by Crippen LogP contribution is 2.40. The van der Waals surface area contributed by atoms with E-state index in [4.69, 9.17) is 5.11 Å². The van der Waals surface area contributed by atoms with Crippen molar-refractivity contribution in [1.82, 2.24) is 0 Å². The number of carbonyl (C=O) groups is 1. The molecule has 1 fully saturated rings. The highest BCUT2D eigenvalue weighted by molar-refractivity contribution is 5.66. The number of carboxylic acid groups (broad SMARTS) is 1. The second-order valence-corrected chi connectivity index (χ2v) is 9.23. The third-order valence-corrected chi connectivity index (χ3v) is 6.55. The Morgan fingerprint density at radius 3 is 2.19 bits per heavy atom. The van der Waals surface area contributed by atoms with E-state index < -0.39 is 18.2 Å². The Labute approximate surface area is 165 Å². The van der Waals surface area contributed by atoms with Crippen LogP contribution < -0.4 is 0 Å². The van der Waals surface area contributed by atoms with Crippen LogP contribution in [0.4, 0.5) is 0 Å². The third-order valence-electron chi connectivity index (χ3n) is 6.55. The molecular formula is C22H42O5. The van der Waals surface area contributed by atoms with Gasteiger partial charge in [0.15, 0.2) is 0 Å². The molecule has 0 heterocycles. The zero-order valence-electron chi connectivity index (χ0n) is 17.6. The van der Waals surface area contributed by atoms with Crippen LogP contribution in [-0.4, -0.2) is 44.7 Å². The van der Waals surface area contributed by atoms with E-state index in [2.05, 4.69) is 20.8 Å². The number of hydrogen-bond acceptors (Lipinski definition) is 4. The molecule has 0 aliphatic heterocycles. The molecule has 5 nitrogen and oxygen atoms in total. The van der Waals surface area contributed by atoms with Gasteiger partial charge in [-0.3, -0.25) is 4.79 Å². The van der Waals surface area contributed by atoms with Crippen LogP contribution in [-0.2, 0) is 4.79 Å². The smallest absolute Gasteiger partial charge is 0.303 e. The van der Waals surface area contributed by atoms with Crippen LogP contribution in [0.1, 0.15) is 97.8 Å². The SMILES string of the molecule is CCCCC(C)(C)[C@@H](O)CC[C@@H]1[C@@H](CCCCCCC(=O)O)[C@@H](O)C[C@H]1O. The summed E-state index contributed by atoms with van der Waals surface area (Å²) in [6.45, 7) is 6.38. The molecule has 1 rings (SSSR count). The van der Waals surface area contributed by atoms with Crippen molar-refractivity contribution >= 4 is 5.97 Å². The minimum absolute atomic E-state index is 0.0515. The number of aliphatic hydroxyl groups is 3. The van der Waals surface area contributed by atoms with Crippen LogP contribution in [0.3, 0.4) is 0 Å². The van der Waals surface area contributed by atoms with Gasteiger partial charge in [-0.2, -0.15) is 0 Å². The molecule has 0 radical (unpaired) electrons. The summed E-state index contributed by atoms with van der Waals surface area (Å²) in [5.74, 6) is -0.606. The summed E-state index contributed by atoms with van der Waals surface area (Å²) in [6.07, 6.45) is 8.36. The van der Waals surface area contributed by atoms with Gasteiger partial charge >= 0.3 is 5.97 Å². The fourth-order valence-electron chi connectivity index (χ4n) is 4.53.